The summed E-state index contributed by atoms with van der Waals surface area (Å²) in [7, 11) is 3.47. The maximum absolute atomic E-state index is 9.92. The van der Waals surface area contributed by atoms with Crippen LogP contribution in [0.2, 0.25) is 0 Å². The fourth-order valence-electron chi connectivity index (χ4n) is 4.09. The Bertz CT molecular complexity index is 378. The van der Waals surface area contributed by atoms with E-state index in [1.165, 1.54) is 103 Å². The van der Waals surface area contributed by atoms with Gasteiger partial charge < -0.3 is 9.90 Å². The molecule has 0 aliphatic heterocycles. The Labute approximate surface area is 207 Å². The van der Waals surface area contributed by atoms with Gasteiger partial charge >= 0.3 is 0 Å². The number of carbonyl (C=O) groups is 1. The number of carbonyl (C=O) groups excluding carboxylic acids is 1. The smallest absolute Gasteiger partial charge is 0.142 e. The molecular weight excluding hydrogens is 414 g/mol. The second kappa shape index (κ2) is 27.6. The highest BCUT2D eigenvalue weighted by Crippen LogP contribution is 2.15. The van der Waals surface area contributed by atoms with Crippen molar-refractivity contribution in [2.24, 2.45) is 0 Å². The molecule has 0 radical (unpaired) electrons. The summed E-state index contributed by atoms with van der Waals surface area (Å²) in [5.74, 6) is -0.920. The minimum absolute atomic E-state index is 0.226. The SMILES string of the molecule is CCCCCCCC(=O)[O-].CCCCCCCCCCCCCCCC[N+](CC)(OC)OC. The molecule has 0 unspecified atom stereocenters. The molecule has 200 valence electrons. The summed E-state index contributed by atoms with van der Waals surface area (Å²) < 4.78 is 0. The zero-order valence-electron chi connectivity index (χ0n) is 23.1. The van der Waals surface area contributed by atoms with Crippen molar-refractivity contribution in [1.29, 1.82) is 0 Å². The minimum Gasteiger partial charge on any atom is -0.550 e. The van der Waals surface area contributed by atoms with E-state index >= 15 is 0 Å². The number of carboxylic acids is 1. The molecule has 0 aliphatic rings. The Balaban J connectivity index is 0. The van der Waals surface area contributed by atoms with Gasteiger partial charge in [0.25, 0.3) is 0 Å². The van der Waals surface area contributed by atoms with Crippen molar-refractivity contribution < 1.29 is 24.4 Å². The molecule has 0 spiro atoms. The first kappa shape index (κ1) is 34.5. The van der Waals surface area contributed by atoms with Crippen molar-refractivity contribution in [2.45, 2.75) is 149 Å². The third-order valence-corrected chi connectivity index (χ3v) is 6.48. The third kappa shape index (κ3) is 25.8. The van der Waals surface area contributed by atoms with Crippen LogP contribution in [0, 0.1) is 0 Å². The van der Waals surface area contributed by atoms with Gasteiger partial charge in [-0.1, -0.05) is 117 Å². The summed E-state index contributed by atoms with van der Waals surface area (Å²) in [5.41, 5.74) is 0. The molecule has 0 bridgehead atoms. The first-order valence-electron chi connectivity index (χ1n) is 14.2. The van der Waals surface area contributed by atoms with Gasteiger partial charge in [-0.05, 0) is 31.0 Å². The van der Waals surface area contributed by atoms with E-state index in [2.05, 4.69) is 20.8 Å². The molecule has 33 heavy (non-hydrogen) atoms. The van der Waals surface area contributed by atoms with E-state index < -0.39 is 5.97 Å². The number of quaternary nitrogens is 1. The van der Waals surface area contributed by atoms with Gasteiger partial charge in [-0.2, -0.15) is 9.68 Å². The molecule has 5 nitrogen and oxygen atoms in total. The van der Waals surface area contributed by atoms with Crippen LogP contribution in [0.5, 0.6) is 0 Å². The Morgan fingerprint density at radius 2 is 0.909 bits per heavy atom. The van der Waals surface area contributed by atoms with E-state index in [0.29, 0.717) is 4.81 Å². The number of aliphatic carboxylic acids is 1. The van der Waals surface area contributed by atoms with E-state index in [9.17, 15) is 9.90 Å². The van der Waals surface area contributed by atoms with Crippen LogP contribution in [0.15, 0.2) is 0 Å². The van der Waals surface area contributed by atoms with Gasteiger partial charge in [-0.25, -0.2) is 0 Å². The van der Waals surface area contributed by atoms with Gasteiger partial charge in [0.15, 0.2) is 0 Å². The molecule has 0 heterocycles. The number of nitrogens with zero attached hydrogens (tertiary/aromatic N) is 1. The molecule has 0 aromatic carbocycles. The lowest BCUT2D eigenvalue weighted by molar-refractivity contribution is -1.24. The quantitative estimate of drug-likeness (QED) is 0.0826. The van der Waals surface area contributed by atoms with E-state index in [4.69, 9.17) is 9.68 Å². The summed E-state index contributed by atoms with van der Waals surface area (Å²) in [6.07, 6.45) is 25.2. The van der Waals surface area contributed by atoms with Gasteiger partial charge in [0.1, 0.15) is 13.1 Å². The minimum atomic E-state index is -0.920. The summed E-state index contributed by atoms with van der Waals surface area (Å²) in [4.78, 5) is 21.2. The molecule has 0 aromatic heterocycles. The second-order valence-corrected chi connectivity index (χ2v) is 9.35. The van der Waals surface area contributed by atoms with Crippen LogP contribution in [0.25, 0.3) is 0 Å². The predicted molar refractivity (Wildman–Crippen MR) is 138 cm³/mol. The van der Waals surface area contributed by atoms with Crippen LogP contribution in [0.3, 0.4) is 0 Å². The van der Waals surface area contributed by atoms with Crippen LogP contribution in [0.4, 0.5) is 0 Å². The lowest BCUT2D eigenvalue weighted by Crippen LogP contribution is -2.46. The molecule has 0 amide bonds. The van der Waals surface area contributed by atoms with Gasteiger partial charge in [-0.3, -0.25) is 0 Å². The number of carboxylic acid groups (broad SMARTS) is 1. The topological polar surface area (TPSA) is 58.6 Å². The molecule has 0 N–H and O–H groups in total. The van der Waals surface area contributed by atoms with Crippen LogP contribution in [0.1, 0.15) is 149 Å². The first-order chi connectivity index (χ1) is 16.0. The van der Waals surface area contributed by atoms with Crippen LogP contribution in [-0.2, 0) is 14.5 Å². The zero-order chi connectivity index (χ0) is 25.0. The third-order valence-electron chi connectivity index (χ3n) is 6.48. The predicted octanol–water partition coefficient (Wildman–Crippen LogP) is 7.52. The molecule has 0 saturated carbocycles. The summed E-state index contributed by atoms with van der Waals surface area (Å²) in [5, 5.41) is 9.92. The van der Waals surface area contributed by atoms with E-state index in [0.717, 1.165) is 32.4 Å². The van der Waals surface area contributed by atoms with Crippen LogP contribution in [-0.4, -0.2) is 38.1 Å². The van der Waals surface area contributed by atoms with Gasteiger partial charge in [0.2, 0.25) is 0 Å². The highest BCUT2D eigenvalue weighted by Gasteiger charge is 2.25. The monoisotopic (exact) mass is 473 g/mol. The van der Waals surface area contributed by atoms with E-state index in [1.807, 2.05) is 0 Å². The normalized spacial score (nSPS) is 11.3. The molecular formula is C28H59NO4. The molecule has 0 fully saturated rings. The maximum atomic E-state index is 9.92. The maximum Gasteiger partial charge on any atom is 0.142 e. The lowest BCUT2D eigenvalue weighted by atomic mass is 10.0. The fourth-order valence-corrected chi connectivity index (χ4v) is 4.09. The lowest BCUT2D eigenvalue weighted by Gasteiger charge is -2.28. The Kier molecular flexibility index (Phi) is 28.9. The number of hydrogen-bond donors (Lipinski definition) is 0. The summed E-state index contributed by atoms with van der Waals surface area (Å²) in [6.45, 7) is 8.36. The molecule has 0 saturated heterocycles. The largest absolute Gasteiger partial charge is 0.550 e. The average Bonchev–Trinajstić information content (AvgIpc) is 2.82. The second-order valence-electron chi connectivity index (χ2n) is 9.35. The van der Waals surface area contributed by atoms with Crippen LogP contribution >= 0.6 is 0 Å². The summed E-state index contributed by atoms with van der Waals surface area (Å²) >= 11 is 0. The Morgan fingerprint density at radius 3 is 1.21 bits per heavy atom. The first-order valence-corrected chi connectivity index (χ1v) is 14.2. The average molecular weight is 474 g/mol. The number of hydroxylamine groups is 4. The van der Waals surface area contributed by atoms with Crippen molar-refractivity contribution >= 4 is 5.97 Å². The molecule has 0 atom stereocenters. The van der Waals surface area contributed by atoms with Crippen molar-refractivity contribution in [3.63, 3.8) is 0 Å². The highest BCUT2D eigenvalue weighted by molar-refractivity contribution is 5.63. The van der Waals surface area contributed by atoms with Crippen molar-refractivity contribution in [1.82, 2.24) is 0 Å². The number of unbranched alkanes of at least 4 members (excludes halogenated alkanes) is 17. The van der Waals surface area contributed by atoms with Crippen molar-refractivity contribution in [2.75, 3.05) is 27.3 Å². The van der Waals surface area contributed by atoms with E-state index in [-0.39, 0.29) is 6.42 Å². The van der Waals surface area contributed by atoms with Crippen molar-refractivity contribution in [3.05, 3.63) is 0 Å². The van der Waals surface area contributed by atoms with Crippen LogP contribution < -0.4 is 5.11 Å². The molecule has 5 heteroatoms. The standard InChI is InChI=1S/C20H44NO2.C8H16O2/c1-5-7-8-9-10-11-12-13-14-15-16-17-18-19-20-21(6-2,22-3)23-4;1-2-3-4-5-6-7-8(9)10/h5-20H2,1-4H3;2-7H2,1H3,(H,9,10)/q+1;/p-1. The fraction of sp³-hybridized carbons (Fsp3) is 0.964. The number of hydrogen-bond acceptors (Lipinski definition) is 4. The Hall–Kier alpha value is -0.650. The van der Waals surface area contributed by atoms with Gasteiger partial charge in [-0.15, -0.1) is 0 Å². The van der Waals surface area contributed by atoms with Gasteiger partial charge in [0.05, 0.1) is 14.2 Å². The zero-order valence-corrected chi connectivity index (χ0v) is 23.1. The summed E-state index contributed by atoms with van der Waals surface area (Å²) in [6, 6.07) is 0. The molecule has 0 aliphatic carbocycles. The van der Waals surface area contributed by atoms with E-state index in [1.54, 1.807) is 14.2 Å². The number of rotatable bonds is 24. The Morgan fingerprint density at radius 1 is 0.576 bits per heavy atom. The highest BCUT2D eigenvalue weighted by atomic mass is 17.0. The van der Waals surface area contributed by atoms with Crippen molar-refractivity contribution in [3.8, 4) is 0 Å². The molecule has 0 rings (SSSR count). The molecule has 0 aromatic rings. The van der Waals surface area contributed by atoms with Gasteiger partial charge in [0, 0.05) is 12.4 Å².